The van der Waals surface area contributed by atoms with Crippen LogP contribution < -0.4 is 21.7 Å². The molecule has 1 atom stereocenters. The van der Waals surface area contributed by atoms with Crippen molar-refractivity contribution in [2.75, 3.05) is 17.2 Å². The molecule has 2 aromatic rings. The number of carbonyl (C=O) groups is 3. The number of aromatic nitrogens is 1. The summed E-state index contributed by atoms with van der Waals surface area (Å²) in [6, 6.07) is 4.52. The third-order valence-corrected chi connectivity index (χ3v) is 5.51. The largest absolute Gasteiger partial charge is 0.395 e. The van der Waals surface area contributed by atoms with Crippen LogP contribution in [0.4, 0.5) is 15.8 Å². The third kappa shape index (κ3) is 6.00. The van der Waals surface area contributed by atoms with Crippen molar-refractivity contribution in [1.82, 2.24) is 9.69 Å². The molecule has 0 spiro atoms. The molecule has 0 saturated heterocycles. The fourth-order valence-electron chi connectivity index (χ4n) is 3.06. The van der Waals surface area contributed by atoms with Crippen molar-refractivity contribution >= 4 is 40.6 Å². The summed E-state index contributed by atoms with van der Waals surface area (Å²) < 4.78 is 17.9. The second-order valence-electron chi connectivity index (χ2n) is 7.57. The van der Waals surface area contributed by atoms with Crippen LogP contribution in [0.3, 0.4) is 0 Å². The highest BCUT2D eigenvalue weighted by Gasteiger charge is 2.34. The van der Waals surface area contributed by atoms with Crippen LogP contribution in [0.1, 0.15) is 60.2 Å². The zero-order valence-corrected chi connectivity index (χ0v) is 18.7. The average Bonchev–Trinajstić information content (AvgIpc) is 3.08. The van der Waals surface area contributed by atoms with Gasteiger partial charge >= 0.3 is 0 Å². The molecule has 3 amide bonds. The molecule has 31 heavy (non-hydrogen) atoms. The topological polar surface area (TPSA) is 131 Å². The molecule has 1 aromatic carbocycles. The number of nitrogens with one attached hydrogen (secondary N) is 1. The lowest BCUT2D eigenvalue weighted by molar-refractivity contribution is -0.122. The fourth-order valence-corrected chi connectivity index (χ4v) is 3.80. The second-order valence-corrected chi connectivity index (χ2v) is 8.34. The van der Waals surface area contributed by atoms with Gasteiger partial charge in [0.05, 0.1) is 5.69 Å². The highest BCUT2D eigenvalue weighted by Crippen LogP contribution is 2.29. The van der Waals surface area contributed by atoms with Crippen LogP contribution in [-0.4, -0.2) is 34.7 Å². The Bertz CT molecular complexity index is 947. The highest BCUT2D eigenvalue weighted by molar-refractivity contribution is 7.09. The summed E-state index contributed by atoms with van der Waals surface area (Å²) in [7, 11) is 0. The molecule has 8 nitrogen and oxygen atoms in total. The minimum Gasteiger partial charge on any atom is -0.395 e. The standard InChI is InChI=1S/C21H28FN5O3S/c1-4-6-15(20(29)25-10-9-12(2)3)27(14-8-5-7-13(22)11-14)21(30)18-16(23)17(19(24)28)26-31-18/h5,7-8,11-12,15H,4,6,9-10,23H2,1-3H3,(H2,24,28)(H,25,29)/t15-/m0/s1. The first-order valence-corrected chi connectivity index (χ1v) is 10.9. The number of nitrogen functional groups attached to an aromatic ring is 1. The van der Waals surface area contributed by atoms with Gasteiger partial charge in [-0.1, -0.05) is 33.3 Å². The summed E-state index contributed by atoms with van der Waals surface area (Å²) in [5, 5.41) is 2.86. The van der Waals surface area contributed by atoms with Gasteiger partial charge in [-0.2, -0.15) is 4.37 Å². The molecule has 1 heterocycles. The summed E-state index contributed by atoms with van der Waals surface area (Å²) in [5.74, 6) is -2.01. The Balaban J connectivity index is 2.49. The number of nitrogens with zero attached hydrogens (tertiary/aromatic N) is 2. The summed E-state index contributed by atoms with van der Waals surface area (Å²) in [4.78, 5) is 39.2. The maximum absolute atomic E-state index is 14.0. The Labute approximate surface area is 185 Å². The predicted octanol–water partition coefficient (Wildman–Crippen LogP) is 2.94. The number of benzene rings is 1. The van der Waals surface area contributed by atoms with Crippen LogP contribution in [-0.2, 0) is 4.79 Å². The van der Waals surface area contributed by atoms with Crippen LogP contribution in [0.15, 0.2) is 24.3 Å². The number of amides is 3. The van der Waals surface area contributed by atoms with Crippen molar-refractivity contribution in [2.45, 2.75) is 46.1 Å². The van der Waals surface area contributed by atoms with Crippen LogP contribution in [0.25, 0.3) is 0 Å². The van der Waals surface area contributed by atoms with E-state index in [4.69, 9.17) is 11.5 Å². The van der Waals surface area contributed by atoms with Gasteiger partial charge in [-0.15, -0.1) is 0 Å². The second kappa shape index (κ2) is 10.9. The Kier molecular flexibility index (Phi) is 8.49. The Morgan fingerprint density at radius 2 is 1.97 bits per heavy atom. The maximum Gasteiger partial charge on any atom is 0.272 e. The molecule has 0 aliphatic rings. The van der Waals surface area contributed by atoms with Gasteiger partial charge in [0.15, 0.2) is 5.69 Å². The number of halogens is 1. The summed E-state index contributed by atoms with van der Waals surface area (Å²) >= 11 is 0.716. The molecule has 0 aliphatic carbocycles. The quantitative estimate of drug-likeness (QED) is 0.513. The van der Waals surface area contributed by atoms with E-state index >= 15 is 0 Å². The minimum atomic E-state index is -0.898. The number of anilines is 2. The van der Waals surface area contributed by atoms with E-state index in [1.165, 1.54) is 29.2 Å². The lowest BCUT2D eigenvalue weighted by Crippen LogP contribution is -2.50. The van der Waals surface area contributed by atoms with Gasteiger partial charge in [-0.3, -0.25) is 19.3 Å². The molecular weight excluding hydrogens is 421 g/mol. The molecule has 168 valence electrons. The Morgan fingerprint density at radius 3 is 2.52 bits per heavy atom. The fraction of sp³-hybridized carbons (Fsp3) is 0.429. The SMILES string of the molecule is CCC[C@@H](C(=O)NCCC(C)C)N(C(=O)c1snc(C(N)=O)c1N)c1cccc(F)c1. The van der Waals surface area contributed by atoms with Gasteiger partial charge in [0.1, 0.15) is 16.7 Å². The average molecular weight is 450 g/mol. The molecule has 0 bridgehead atoms. The number of primary amides is 1. The molecular formula is C21H28FN5O3S. The number of nitrogens with two attached hydrogens (primary N) is 2. The van der Waals surface area contributed by atoms with Crippen LogP contribution in [0.2, 0.25) is 0 Å². The smallest absolute Gasteiger partial charge is 0.272 e. The van der Waals surface area contributed by atoms with Crippen LogP contribution >= 0.6 is 11.5 Å². The highest BCUT2D eigenvalue weighted by atomic mass is 32.1. The van der Waals surface area contributed by atoms with Crippen molar-refractivity contribution in [3.05, 3.63) is 40.7 Å². The first-order chi connectivity index (χ1) is 14.7. The van der Waals surface area contributed by atoms with E-state index in [0.717, 1.165) is 6.42 Å². The van der Waals surface area contributed by atoms with E-state index in [0.29, 0.717) is 36.8 Å². The number of rotatable bonds is 10. The van der Waals surface area contributed by atoms with Gasteiger partial charge in [0, 0.05) is 12.2 Å². The summed E-state index contributed by atoms with van der Waals surface area (Å²) in [6.07, 6.45) is 1.73. The predicted molar refractivity (Wildman–Crippen MR) is 119 cm³/mol. The molecule has 2 rings (SSSR count). The molecule has 0 aliphatic heterocycles. The van der Waals surface area contributed by atoms with E-state index < -0.39 is 23.7 Å². The number of hydrogen-bond donors (Lipinski definition) is 3. The zero-order chi connectivity index (χ0) is 23.1. The van der Waals surface area contributed by atoms with Crippen molar-refractivity contribution in [3.8, 4) is 0 Å². The van der Waals surface area contributed by atoms with E-state index in [1.54, 1.807) is 0 Å². The van der Waals surface area contributed by atoms with E-state index in [9.17, 15) is 18.8 Å². The molecule has 0 fully saturated rings. The van der Waals surface area contributed by atoms with Crippen molar-refractivity contribution < 1.29 is 18.8 Å². The van der Waals surface area contributed by atoms with Gasteiger partial charge in [0.25, 0.3) is 11.8 Å². The lowest BCUT2D eigenvalue weighted by Gasteiger charge is -2.31. The van der Waals surface area contributed by atoms with Crippen molar-refractivity contribution in [2.24, 2.45) is 11.7 Å². The van der Waals surface area contributed by atoms with E-state index in [1.807, 2.05) is 20.8 Å². The Morgan fingerprint density at radius 1 is 1.26 bits per heavy atom. The summed E-state index contributed by atoms with van der Waals surface area (Å²) in [6.45, 7) is 6.42. The maximum atomic E-state index is 14.0. The zero-order valence-electron chi connectivity index (χ0n) is 17.9. The van der Waals surface area contributed by atoms with Crippen molar-refractivity contribution in [3.63, 3.8) is 0 Å². The molecule has 0 radical (unpaired) electrons. The van der Waals surface area contributed by atoms with E-state index in [2.05, 4.69) is 9.69 Å². The van der Waals surface area contributed by atoms with Gasteiger partial charge < -0.3 is 16.8 Å². The number of carbonyl (C=O) groups excluding carboxylic acids is 3. The molecule has 10 heteroatoms. The first-order valence-electron chi connectivity index (χ1n) is 10.1. The number of hydrogen-bond acceptors (Lipinski definition) is 6. The first kappa shape index (κ1) is 24.3. The minimum absolute atomic E-state index is 0.0332. The lowest BCUT2D eigenvalue weighted by atomic mass is 10.1. The van der Waals surface area contributed by atoms with Gasteiger partial charge in [-0.05, 0) is 48.5 Å². The van der Waals surface area contributed by atoms with Gasteiger partial charge in [-0.25, -0.2) is 4.39 Å². The van der Waals surface area contributed by atoms with Crippen molar-refractivity contribution in [1.29, 1.82) is 0 Å². The van der Waals surface area contributed by atoms with Crippen LogP contribution in [0.5, 0.6) is 0 Å². The molecule has 0 unspecified atom stereocenters. The summed E-state index contributed by atoms with van der Waals surface area (Å²) in [5.41, 5.74) is 11.0. The van der Waals surface area contributed by atoms with Gasteiger partial charge in [0.2, 0.25) is 5.91 Å². The normalized spacial score (nSPS) is 11.9. The third-order valence-electron chi connectivity index (χ3n) is 4.66. The molecule has 5 N–H and O–H groups in total. The monoisotopic (exact) mass is 449 g/mol. The Hall–Kier alpha value is -3.01. The van der Waals surface area contributed by atoms with Crippen LogP contribution in [0, 0.1) is 11.7 Å². The molecule has 1 aromatic heterocycles. The molecule has 0 saturated carbocycles. The van der Waals surface area contributed by atoms with E-state index in [-0.39, 0.29) is 27.9 Å².